The number of nitrogens with zero attached hydrogens (tertiary/aromatic N) is 1. The first kappa shape index (κ1) is 11.0. The van der Waals surface area contributed by atoms with Gasteiger partial charge in [-0.05, 0) is 33.7 Å². The van der Waals surface area contributed by atoms with Crippen molar-refractivity contribution in [2.75, 3.05) is 19.3 Å². The standard InChI is InChI=1S/C9H19NO2S/c1-9(2,3)10-6-5-8(7-10)13(4,11)12/h8H,5-7H2,1-4H3. The number of rotatable bonds is 1. The van der Waals surface area contributed by atoms with E-state index in [1.165, 1.54) is 6.26 Å². The Bertz CT molecular complexity index is 276. The molecule has 1 fully saturated rings. The third-order valence-electron chi connectivity index (χ3n) is 2.70. The molecule has 1 rings (SSSR count). The molecule has 1 aliphatic heterocycles. The molecule has 0 spiro atoms. The van der Waals surface area contributed by atoms with Gasteiger partial charge in [0, 0.05) is 18.3 Å². The maximum absolute atomic E-state index is 11.3. The second-order valence-corrected chi connectivity index (χ2v) is 7.18. The van der Waals surface area contributed by atoms with Gasteiger partial charge in [-0.25, -0.2) is 8.42 Å². The molecule has 78 valence electrons. The molecule has 0 aromatic heterocycles. The fourth-order valence-corrected chi connectivity index (χ4v) is 2.67. The van der Waals surface area contributed by atoms with Crippen molar-refractivity contribution >= 4 is 9.84 Å². The van der Waals surface area contributed by atoms with Gasteiger partial charge in [-0.15, -0.1) is 0 Å². The molecule has 0 radical (unpaired) electrons. The molecule has 0 aromatic rings. The number of likely N-dealkylation sites (tertiary alicyclic amines) is 1. The van der Waals surface area contributed by atoms with Crippen LogP contribution < -0.4 is 0 Å². The van der Waals surface area contributed by atoms with Crippen molar-refractivity contribution in [3.05, 3.63) is 0 Å². The van der Waals surface area contributed by atoms with E-state index >= 15 is 0 Å². The molecule has 0 aliphatic carbocycles. The van der Waals surface area contributed by atoms with Crippen molar-refractivity contribution in [3.8, 4) is 0 Å². The molecule has 0 saturated carbocycles. The fourth-order valence-electron chi connectivity index (χ4n) is 1.69. The summed E-state index contributed by atoms with van der Waals surface area (Å²) in [5.41, 5.74) is 0.0967. The topological polar surface area (TPSA) is 37.4 Å². The van der Waals surface area contributed by atoms with Crippen LogP contribution in [0.5, 0.6) is 0 Å². The molecule has 1 heterocycles. The first-order chi connectivity index (χ1) is 5.71. The van der Waals surface area contributed by atoms with E-state index in [2.05, 4.69) is 25.7 Å². The molecule has 0 aromatic carbocycles. The summed E-state index contributed by atoms with van der Waals surface area (Å²) in [6, 6.07) is 0. The monoisotopic (exact) mass is 205 g/mol. The fraction of sp³-hybridized carbons (Fsp3) is 1.00. The number of hydrogen-bond donors (Lipinski definition) is 0. The summed E-state index contributed by atoms with van der Waals surface area (Å²) in [6.07, 6.45) is 2.12. The highest BCUT2D eigenvalue weighted by molar-refractivity contribution is 7.91. The van der Waals surface area contributed by atoms with E-state index in [-0.39, 0.29) is 10.8 Å². The molecule has 0 N–H and O–H groups in total. The summed E-state index contributed by atoms with van der Waals surface area (Å²) in [5.74, 6) is 0. The van der Waals surface area contributed by atoms with Gasteiger partial charge >= 0.3 is 0 Å². The van der Waals surface area contributed by atoms with Gasteiger partial charge in [0.2, 0.25) is 0 Å². The lowest BCUT2D eigenvalue weighted by Gasteiger charge is -2.31. The van der Waals surface area contributed by atoms with Crippen LogP contribution in [0.4, 0.5) is 0 Å². The zero-order valence-electron chi connectivity index (χ0n) is 8.87. The molecule has 1 unspecified atom stereocenters. The Hall–Kier alpha value is -0.0900. The SMILES string of the molecule is CC(C)(C)N1CCC(S(C)(=O)=O)C1. The highest BCUT2D eigenvalue weighted by atomic mass is 32.2. The molecular weight excluding hydrogens is 186 g/mol. The molecule has 1 atom stereocenters. The van der Waals surface area contributed by atoms with Crippen LogP contribution in [0.1, 0.15) is 27.2 Å². The van der Waals surface area contributed by atoms with Crippen molar-refractivity contribution in [3.63, 3.8) is 0 Å². The maximum atomic E-state index is 11.3. The van der Waals surface area contributed by atoms with Crippen LogP contribution in [0.15, 0.2) is 0 Å². The maximum Gasteiger partial charge on any atom is 0.151 e. The first-order valence-corrected chi connectivity index (χ1v) is 6.60. The van der Waals surface area contributed by atoms with Crippen LogP contribution in [0, 0.1) is 0 Å². The van der Waals surface area contributed by atoms with Crippen LogP contribution in [0.25, 0.3) is 0 Å². The zero-order chi connectivity index (χ0) is 10.3. The van der Waals surface area contributed by atoms with Gasteiger partial charge in [-0.1, -0.05) is 0 Å². The normalized spacial score (nSPS) is 26.6. The summed E-state index contributed by atoms with van der Waals surface area (Å²) in [7, 11) is -2.84. The van der Waals surface area contributed by atoms with Gasteiger partial charge in [0.05, 0.1) is 5.25 Å². The van der Waals surface area contributed by atoms with Crippen LogP contribution in [-0.2, 0) is 9.84 Å². The minimum absolute atomic E-state index is 0.0967. The van der Waals surface area contributed by atoms with Gasteiger partial charge < -0.3 is 0 Å². The summed E-state index contributed by atoms with van der Waals surface area (Å²) in [5, 5.41) is -0.147. The third-order valence-corrected chi connectivity index (χ3v) is 4.29. The van der Waals surface area contributed by atoms with E-state index < -0.39 is 9.84 Å². The predicted octanol–water partition coefficient (Wildman–Crippen LogP) is 0.904. The number of hydrogen-bond acceptors (Lipinski definition) is 3. The van der Waals surface area contributed by atoms with Gasteiger partial charge in [0.15, 0.2) is 9.84 Å². The molecule has 3 nitrogen and oxygen atoms in total. The van der Waals surface area contributed by atoms with E-state index in [0.29, 0.717) is 6.54 Å². The molecule has 4 heteroatoms. The zero-order valence-corrected chi connectivity index (χ0v) is 9.69. The largest absolute Gasteiger partial charge is 0.297 e. The van der Waals surface area contributed by atoms with E-state index in [1.807, 2.05) is 0 Å². The van der Waals surface area contributed by atoms with Crippen molar-refractivity contribution < 1.29 is 8.42 Å². The Kier molecular flexibility index (Phi) is 2.74. The molecule has 1 aliphatic rings. The summed E-state index contributed by atoms with van der Waals surface area (Å²) in [6.45, 7) is 7.97. The Morgan fingerprint density at radius 2 is 1.85 bits per heavy atom. The first-order valence-electron chi connectivity index (χ1n) is 4.65. The smallest absolute Gasteiger partial charge is 0.151 e. The lowest BCUT2D eigenvalue weighted by Crippen LogP contribution is -2.40. The van der Waals surface area contributed by atoms with Gasteiger partial charge in [0.25, 0.3) is 0 Å². The van der Waals surface area contributed by atoms with E-state index in [1.54, 1.807) is 0 Å². The Labute approximate surface area is 81.0 Å². The second kappa shape index (κ2) is 3.24. The lowest BCUT2D eigenvalue weighted by atomic mass is 10.1. The minimum Gasteiger partial charge on any atom is -0.297 e. The highest BCUT2D eigenvalue weighted by Crippen LogP contribution is 2.23. The molecule has 13 heavy (non-hydrogen) atoms. The van der Waals surface area contributed by atoms with Crippen molar-refractivity contribution in [2.24, 2.45) is 0 Å². The van der Waals surface area contributed by atoms with Crippen LogP contribution >= 0.6 is 0 Å². The second-order valence-electron chi connectivity index (χ2n) is 4.86. The highest BCUT2D eigenvalue weighted by Gasteiger charge is 2.34. The quantitative estimate of drug-likeness (QED) is 0.638. The van der Waals surface area contributed by atoms with Crippen LogP contribution in [-0.4, -0.2) is 43.5 Å². The van der Waals surface area contributed by atoms with Gasteiger partial charge in [-0.2, -0.15) is 0 Å². The van der Waals surface area contributed by atoms with Crippen LogP contribution in [0.2, 0.25) is 0 Å². The Morgan fingerprint density at radius 3 is 2.08 bits per heavy atom. The molecular formula is C9H19NO2S. The summed E-state index contributed by atoms with van der Waals surface area (Å²) < 4.78 is 22.6. The van der Waals surface area contributed by atoms with Crippen molar-refractivity contribution in [1.29, 1.82) is 0 Å². The molecule has 0 bridgehead atoms. The molecule has 0 amide bonds. The van der Waals surface area contributed by atoms with Crippen molar-refractivity contribution in [2.45, 2.75) is 38.0 Å². The average Bonchev–Trinajstić information content (AvgIpc) is 2.28. The van der Waals surface area contributed by atoms with Gasteiger partial charge in [-0.3, -0.25) is 4.90 Å². The van der Waals surface area contributed by atoms with Gasteiger partial charge in [0.1, 0.15) is 0 Å². The predicted molar refractivity (Wildman–Crippen MR) is 54.6 cm³/mol. The average molecular weight is 205 g/mol. The van der Waals surface area contributed by atoms with E-state index in [0.717, 1.165) is 13.0 Å². The third kappa shape index (κ3) is 2.68. The lowest BCUT2D eigenvalue weighted by molar-refractivity contribution is 0.175. The molecule has 1 saturated heterocycles. The van der Waals surface area contributed by atoms with Crippen molar-refractivity contribution in [1.82, 2.24) is 4.90 Å². The minimum atomic E-state index is -2.84. The van der Waals surface area contributed by atoms with Crippen LogP contribution in [0.3, 0.4) is 0 Å². The summed E-state index contributed by atoms with van der Waals surface area (Å²) >= 11 is 0. The van der Waals surface area contributed by atoms with E-state index in [9.17, 15) is 8.42 Å². The number of sulfone groups is 1. The summed E-state index contributed by atoms with van der Waals surface area (Å²) in [4.78, 5) is 2.23. The Morgan fingerprint density at radius 1 is 1.31 bits per heavy atom. The van der Waals surface area contributed by atoms with E-state index in [4.69, 9.17) is 0 Å². The Balaban J connectivity index is 2.66.